The Balaban J connectivity index is 1.31. The molecule has 1 N–H and O–H groups in total. The van der Waals surface area contributed by atoms with Gasteiger partial charge in [-0.25, -0.2) is 0 Å². The molecule has 0 aliphatic rings. The smallest absolute Gasteiger partial charge is 0.291 e. The highest BCUT2D eigenvalue weighted by molar-refractivity contribution is 6.05. The van der Waals surface area contributed by atoms with Crippen LogP contribution in [-0.4, -0.2) is 5.91 Å². The van der Waals surface area contributed by atoms with Gasteiger partial charge in [0.2, 0.25) is 0 Å². The minimum absolute atomic E-state index is 0.239. The summed E-state index contributed by atoms with van der Waals surface area (Å²) in [5, 5.41) is 3.68. The van der Waals surface area contributed by atoms with Crippen LogP contribution < -0.4 is 10.1 Å². The molecule has 1 heterocycles. The van der Waals surface area contributed by atoms with Crippen molar-refractivity contribution in [3.63, 3.8) is 0 Å². The van der Waals surface area contributed by atoms with Gasteiger partial charge in [0.25, 0.3) is 5.91 Å². The number of ether oxygens (including phenoxy) is 1. The molecule has 5 rings (SSSR count). The average Bonchev–Trinajstić information content (AvgIpc) is 3.30. The van der Waals surface area contributed by atoms with Gasteiger partial charge in [-0.1, -0.05) is 78.4 Å². The van der Waals surface area contributed by atoms with Crippen LogP contribution in [0.4, 0.5) is 5.69 Å². The summed E-state index contributed by atoms with van der Waals surface area (Å²) < 4.78 is 11.8. The van der Waals surface area contributed by atoms with Crippen molar-refractivity contribution in [1.82, 2.24) is 0 Å². The van der Waals surface area contributed by atoms with Crippen molar-refractivity contribution in [2.24, 2.45) is 0 Å². The van der Waals surface area contributed by atoms with Crippen LogP contribution >= 0.6 is 0 Å². The van der Waals surface area contributed by atoms with Gasteiger partial charge < -0.3 is 14.5 Å². The molecule has 4 nitrogen and oxygen atoms in total. The molecule has 0 aliphatic heterocycles. The van der Waals surface area contributed by atoms with Crippen molar-refractivity contribution in [2.45, 2.75) is 13.5 Å². The molecule has 1 aromatic heterocycles. The lowest BCUT2D eigenvalue weighted by atomic mass is 10.0. The molecule has 162 valence electrons. The number of rotatable bonds is 6. The monoisotopic (exact) mass is 433 g/mol. The zero-order valence-electron chi connectivity index (χ0n) is 18.2. The standard InChI is InChI=1S/C29H23NO3/c1-20-10-12-22(13-11-20)23-14-16-24(17-15-23)30-29(31)28-18-25-26(8-5-9-27(25)33-28)32-19-21-6-3-2-4-7-21/h2-18H,19H2,1H3,(H,30,31). The van der Waals surface area contributed by atoms with Crippen LogP contribution in [-0.2, 0) is 6.61 Å². The van der Waals surface area contributed by atoms with Gasteiger partial charge in [0.05, 0.1) is 5.39 Å². The van der Waals surface area contributed by atoms with Crippen LogP contribution in [0, 0.1) is 6.92 Å². The van der Waals surface area contributed by atoms with Gasteiger partial charge in [-0.05, 0) is 47.9 Å². The number of amides is 1. The third-order valence-electron chi connectivity index (χ3n) is 5.51. The maximum Gasteiger partial charge on any atom is 0.291 e. The lowest BCUT2D eigenvalue weighted by molar-refractivity contribution is 0.0998. The highest BCUT2D eigenvalue weighted by atomic mass is 16.5. The van der Waals surface area contributed by atoms with Crippen LogP contribution in [0.1, 0.15) is 21.7 Å². The molecule has 0 fully saturated rings. The van der Waals surface area contributed by atoms with Crippen molar-refractivity contribution < 1.29 is 13.9 Å². The number of furan rings is 1. The molecule has 5 aromatic rings. The summed E-state index contributed by atoms with van der Waals surface area (Å²) >= 11 is 0. The number of carbonyl (C=O) groups excluding carboxylic acids is 1. The van der Waals surface area contributed by atoms with Gasteiger partial charge in [0, 0.05) is 11.8 Å². The first-order valence-electron chi connectivity index (χ1n) is 10.8. The maximum atomic E-state index is 12.8. The maximum absolute atomic E-state index is 12.8. The topological polar surface area (TPSA) is 51.5 Å². The number of carbonyl (C=O) groups is 1. The summed E-state index contributed by atoms with van der Waals surface area (Å²) in [6.45, 7) is 2.51. The zero-order chi connectivity index (χ0) is 22.6. The van der Waals surface area contributed by atoms with Gasteiger partial charge in [0.1, 0.15) is 17.9 Å². The first kappa shape index (κ1) is 20.6. The molecule has 0 saturated carbocycles. The van der Waals surface area contributed by atoms with E-state index in [0.29, 0.717) is 23.6 Å². The highest BCUT2D eigenvalue weighted by Gasteiger charge is 2.15. The molecular weight excluding hydrogens is 410 g/mol. The molecular formula is C29H23NO3. The minimum Gasteiger partial charge on any atom is -0.488 e. The van der Waals surface area contributed by atoms with Crippen LogP contribution in [0.15, 0.2) is 108 Å². The molecule has 0 spiro atoms. The van der Waals surface area contributed by atoms with E-state index in [2.05, 4.69) is 36.5 Å². The Morgan fingerprint density at radius 3 is 2.24 bits per heavy atom. The fourth-order valence-corrected chi connectivity index (χ4v) is 3.69. The Hall–Kier alpha value is -4.31. The molecule has 0 saturated heterocycles. The van der Waals surface area contributed by atoms with E-state index in [1.165, 1.54) is 5.56 Å². The molecule has 4 heteroatoms. The van der Waals surface area contributed by atoms with E-state index in [0.717, 1.165) is 22.1 Å². The highest BCUT2D eigenvalue weighted by Crippen LogP contribution is 2.30. The second-order valence-corrected chi connectivity index (χ2v) is 7.95. The lowest BCUT2D eigenvalue weighted by Gasteiger charge is -2.06. The molecule has 0 radical (unpaired) electrons. The summed E-state index contributed by atoms with van der Waals surface area (Å²) in [5.41, 5.74) is 5.85. The minimum atomic E-state index is -0.303. The van der Waals surface area contributed by atoms with E-state index >= 15 is 0 Å². The average molecular weight is 434 g/mol. The van der Waals surface area contributed by atoms with Gasteiger partial charge in [-0.2, -0.15) is 0 Å². The Kier molecular flexibility index (Phi) is 5.64. The van der Waals surface area contributed by atoms with Crippen molar-refractivity contribution in [3.8, 4) is 16.9 Å². The summed E-state index contributed by atoms with van der Waals surface area (Å²) in [6, 6.07) is 33.4. The Labute approximate surface area is 192 Å². The van der Waals surface area contributed by atoms with Crippen molar-refractivity contribution in [1.29, 1.82) is 0 Å². The van der Waals surface area contributed by atoms with Crippen molar-refractivity contribution in [2.75, 3.05) is 5.32 Å². The van der Waals surface area contributed by atoms with E-state index < -0.39 is 0 Å². The fraction of sp³-hybridized carbons (Fsp3) is 0.0690. The number of benzene rings is 4. The lowest BCUT2D eigenvalue weighted by Crippen LogP contribution is -2.10. The SMILES string of the molecule is Cc1ccc(-c2ccc(NC(=O)c3cc4c(OCc5ccccc5)cccc4o3)cc2)cc1. The third kappa shape index (κ3) is 4.65. The van der Waals surface area contributed by atoms with Crippen LogP contribution in [0.25, 0.3) is 22.1 Å². The number of aryl methyl sites for hydroxylation is 1. The Morgan fingerprint density at radius 1 is 0.818 bits per heavy atom. The van der Waals surface area contributed by atoms with Crippen molar-refractivity contribution >= 4 is 22.6 Å². The molecule has 4 aromatic carbocycles. The fourth-order valence-electron chi connectivity index (χ4n) is 3.69. The quantitative estimate of drug-likeness (QED) is 0.307. The summed E-state index contributed by atoms with van der Waals surface area (Å²) in [4.78, 5) is 12.8. The molecule has 0 bridgehead atoms. The normalized spacial score (nSPS) is 10.8. The second-order valence-electron chi connectivity index (χ2n) is 7.95. The molecule has 0 unspecified atom stereocenters. The number of nitrogens with one attached hydrogen (secondary N) is 1. The predicted octanol–water partition coefficient (Wildman–Crippen LogP) is 7.24. The second kappa shape index (κ2) is 9.05. The van der Waals surface area contributed by atoms with Crippen molar-refractivity contribution in [3.05, 3.63) is 120 Å². The van der Waals surface area contributed by atoms with Crippen LogP contribution in [0.3, 0.4) is 0 Å². The number of hydrogen-bond donors (Lipinski definition) is 1. The molecule has 33 heavy (non-hydrogen) atoms. The van der Waals surface area contributed by atoms with Crippen LogP contribution in [0.5, 0.6) is 5.75 Å². The Bertz CT molecular complexity index is 1390. The Morgan fingerprint density at radius 2 is 1.52 bits per heavy atom. The summed E-state index contributed by atoms with van der Waals surface area (Å²) in [5.74, 6) is 0.619. The summed E-state index contributed by atoms with van der Waals surface area (Å²) in [7, 11) is 0. The zero-order valence-corrected chi connectivity index (χ0v) is 18.2. The number of fused-ring (bicyclic) bond motifs is 1. The van der Waals surface area contributed by atoms with Gasteiger partial charge in [-0.3, -0.25) is 4.79 Å². The van der Waals surface area contributed by atoms with E-state index in [9.17, 15) is 4.79 Å². The number of anilines is 1. The first-order valence-corrected chi connectivity index (χ1v) is 10.8. The largest absolute Gasteiger partial charge is 0.488 e. The molecule has 0 aliphatic carbocycles. The molecule has 1 amide bonds. The predicted molar refractivity (Wildman–Crippen MR) is 132 cm³/mol. The van der Waals surface area contributed by atoms with Gasteiger partial charge in [0.15, 0.2) is 5.76 Å². The number of hydrogen-bond acceptors (Lipinski definition) is 3. The summed E-state index contributed by atoms with van der Waals surface area (Å²) in [6.07, 6.45) is 0. The van der Waals surface area contributed by atoms with Crippen LogP contribution in [0.2, 0.25) is 0 Å². The van der Waals surface area contributed by atoms with E-state index in [1.54, 1.807) is 6.07 Å². The third-order valence-corrected chi connectivity index (χ3v) is 5.51. The molecule has 0 atom stereocenters. The van der Waals surface area contributed by atoms with E-state index in [1.807, 2.05) is 72.8 Å². The first-order chi connectivity index (χ1) is 16.2. The van der Waals surface area contributed by atoms with E-state index in [-0.39, 0.29) is 11.7 Å². The van der Waals surface area contributed by atoms with Gasteiger partial charge in [-0.15, -0.1) is 0 Å². The van der Waals surface area contributed by atoms with E-state index in [4.69, 9.17) is 9.15 Å². The van der Waals surface area contributed by atoms with Gasteiger partial charge >= 0.3 is 0 Å².